The van der Waals surface area contributed by atoms with E-state index in [1.807, 2.05) is 25.9 Å². The molecule has 0 aromatic heterocycles. The molecule has 4 heteroatoms. The number of nitrogens with one attached hydrogen (secondary N) is 1. The van der Waals surface area contributed by atoms with E-state index in [0.29, 0.717) is 5.56 Å². The van der Waals surface area contributed by atoms with E-state index in [0.717, 1.165) is 25.6 Å². The van der Waals surface area contributed by atoms with Crippen LogP contribution in [-0.4, -0.2) is 32.1 Å². The molecular weight excluding hydrogens is 222 g/mol. The van der Waals surface area contributed by atoms with Gasteiger partial charge in [-0.05, 0) is 51.8 Å². The Morgan fingerprint density at radius 2 is 2.00 bits per heavy atom. The second-order valence-electron chi connectivity index (χ2n) is 4.37. The first-order valence-corrected chi connectivity index (χ1v) is 5.87. The van der Waals surface area contributed by atoms with E-state index in [1.54, 1.807) is 0 Å². The third-order valence-corrected chi connectivity index (χ3v) is 2.65. The molecule has 1 aromatic carbocycles. The lowest BCUT2D eigenvalue weighted by molar-refractivity contribution is 0.358. The van der Waals surface area contributed by atoms with Crippen LogP contribution in [-0.2, 0) is 0 Å². The molecule has 0 aliphatic carbocycles. The van der Waals surface area contributed by atoms with Crippen molar-refractivity contribution in [3.63, 3.8) is 0 Å². The van der Waals surface area contributed by atoms with Gasteiger partial charge in [0.05, 0.1) is 0 Å². The smallest absolute Gasteiger partial charge is 0.128 e. The van der Waals surface area contributed by atoms with Crippen LogP contribution < -0.4 is 5.32 Å². The summed E-state index contributed by atoms with van der Waals surface area (Å²) in [4.78, 5) is 2.03. The van der Waals surface area contributed by atoms with E-state index in [-0.39, 0.29) is 11.9 Å². The van der Waals surface area contributed by atoms with E-state index in [2.05, 4.69) is 5.32 Å². The average molecular weight is 242 g/mol. The summed E-state index contributed by atoms with van der Waals surface area (Å²) in [5.41, 5.74) is 0.411. The molecule has 0 saturated heterocycles. The molecule has 0 bridgehead atoms. The Labute approximate surface area is 102 Å². The predicted molar refractivity (Wildman–Crippen MR) is 65.9 cm³/mol. The first-order valence-electron chi connectivity index (χ1n) is 5.87. The maximum absolute atomic E-state index is 13.6. The van der Waals surface area contributed by atoms with Gasteiger partial charge in [-0.15, -0.1) is 0 Å². The Morgan fingerprint density at radius 3 is 2.59 bits per heavy atom. The van der Waals surface area contributed by atoms with Crippen molar-refractivity contribution in [1.29, 1.82) is 0 Å². The molecule has 1 unspecified atom stereocenters. The average Bonchev–Trinajstić information content (AvgIpc) is 2.27. The van der Waals surface area contributed by atoms with Crippen molar-refractivity contribution in [3.05, 3.63) is 35.4 Å². The summed E-state index contributed by atoms with van der Waals surface area (Å²) < 4.78 is 26.8. The lowest BCUT2D eigenvalue weighted by Crippen LogP contribution is -2.26. The van der Waals surface area contributed by atoms with E-state index in [1.165, 1.54) is 12.1 Å². The van der Waals surface area contributed by atoms with Crippen molar-refractivity contribution < 1.29 is 8.78 Å². The summed E-state index contributed by atoms with van der Waals surface area (Å²) in [6.45, 7) is 3.52. The Hall–Kier alpha value is -1.00. The predicted octanol–water partition coefficient (Wildman–Crippen LogP) is 2.57. The Kier molecular flexibility index (Phi) is 5.51. The number of hydrogen-bond donors (Lipinski definition) is 1. The summed E-state index contributed by atoms with van der Waals surface area (Å²) in [6.07, 6.45) is 0.751. The van der Waals surface area contributed by atoms with E-state index in [9.17, 15) is 8.78 Å². The molecule has 17 heavy (non-hydrogen) atoms. The molecule has 0 aliphatic rings. The van der Waals surface area contributed by atoms with Crippen LogP contribution in [0.2, 0.25) is 0 Å². The highest BCUT2D eigenvalue weighted by Gasteiger charge is 2.15. The van der Waals surface area contributed by atoms with Crippen LogP contribution in [0.4, 0.5) is 8.78 Å². The summed E-state index contributed by atoms with van der Waals surface area (Å²) >= 11 is 0. The van der Waals surface area contributed by atoms with Crippen molar-refractivity contribution in [2.45, 2.75) is 19.4 Å². The van der Waals surface area contributed by atoms with E-state index >= 15 is 0 Å². The van der Waals surface area contributed by atoms with Gasteiger partial charge in [-0.25, -0.2) is 8.78 Å². The van der Waals surface area contributed by atoms with Gasteiger partial charge in [0.2, 0.25) is 0 Å². The van der Waals surface area contributed by atoms with Gasteiger partial charge in [0.1, 0.15) is 11.6 Å². The molecule has 96 valence electrons. The van der Waals surface area contributed by atoms with Crippen molar-refractivity contribution in [1.82, 2.24) is 10.2 Å². The van der Waals surface area contributed by atoms with Crippen molar-refractivity contribution >= 4 is 0 Å². The van der Waals surface area contributed by atoms with Gasteiger partial charge in [-0.1, -0.05) is 6.92 Å². The maximum atomic E-state index is 13.6. The summed E-state index contributed by atoms with van der Waals surface area (Å²) in [6, 6.07) is 3.47. The topological polar surface area (TPSA) is 15.3 Å². The zero-order valence-corrected chi connectivity index (χ0v) is 10.6. The molecule has 0 amide bonds. The van der Waals surface area contributed by atoms with Gasteiger partial charge in [0.25, 0.3) is 0 Å². The fourth-order valence-corrected chi connectivity index (χ4v) is 1.78. The summed E-state index contributed by atoms with van der Waals surface area (Å²) in [5.74, 6) is -0.745. The Balaban J connectivity index is 2.84. The van der Waals surface area contributed by atoms with E-state index in [4.69, 9.17) is 0 Å². The molecule has 2 nitrogen and oxygen atoms in total. The third-order valence-electron chi connectivity index (χ3n) is 2.65. The fraction of sp³-hybridized carbons (Fsp3) is 0.538. The molecule has 1 N–H and O–H groups in total. The molecule has 0 saturated carbocycles. The van der Waals surface area contributed by atoms with Crippen molar-refractivity contribution in [2.24, 2.45) is 0 Å². The highest BCUT2D eigenvalue weighted by molar-refractivity contribution is 5.22. The molecule has 0 fully saturated rings. The molecule has 0 radical (unpaired) electrons. The molecule has 1 atom stereocenters. The van der Waals surface area contributed by atoms with Gasteiger partial charge in [0.15, 0.2) is 0 Å². The highest BCUT2D eigenvalue weighted by atomic mass is 19.1. The van der Waals surface area contributed by atoms with Crippen molar-refractivity contribution in [2.75, 3.05) is 27.2 Å². The van der Waals surface area contributed by atoms with Crippen LogP contribution in [0.25, 0.3) is 0 Å². The van der Waals surface area contributed by atoms with Crippen LogP contribution in [0.1, 0.15) is 24.9 Å². The van der Waals surface area contributed by atoms with Crippen LogP contribution in [0.5, 0.6) is 0 Å². The minimum Gasteiger partial charge on any atom is -0.310 e. The number of benzene rings is 1. The lowest BCUT2D eigenvalue weighted by Gasteiger charge is -2.21. The molecule has 1 aromatic rings. The summed E-state index contributed by atoms with van der Waals surface area (Å²) in [5, 5.41) is 3.19. The quantitative estimate of drug-likeness (QED) is 0.824. The minimum absolute atomic E-state index is 0.141. The molecule has 0 heterocycles. The number of halogens is 2. The Morgan fingerprint density at radius 1 is 1.29 bits per heavy atom. The third kappa shape index (κ3) is 4.40. The Bertz CT molecular complexity index is 353. The highest BCUT2D eigenvalue weighted by Crippen LogP contribution is 2.21. The van der Waals surface area contributed by atoms with Crippen LogP contribution >= 0.6 is 0 Å². The van der Waals surface area contributed by atoms with E-state index < -0.39 is 5.82 Å². The molecule has 1 rings (SSSR count). The zero-order chi connectivity index (χ0) is 12.8. The van der Waals surface area contributed by atoms with Gasteiger partial charge in [-0.2, -0.15) is 0 Å². The number of hydrogen-bond acceptors (Lipinski definition) is 2. The summed E-state index contributed by atoms with van der Waals surface area (Å²) in [7, 11) is 3.93. The SMILES string of the molecule is CCNC(CCN(C)C)c1cc(F)ccc1F. The second-order valence-corrected chi connectivity index (χ2v) is 4.37. The molecule has 0 spiro atoms. The van der Waals surface area contributed by atoms with Crippen LogP contribution in [0, 0.1) is 11.6 Å². The van der Waals surface area contributed by atoms with Gasteiger partial charge >= 0.3 is 0 Å². The lowest BCUT2D eigenvalue weighted by atomic mass is 10.0. The normalized spacial score (nSPS) is 13.1. The van der Waals surface area contributed by atoms with Crippen molar-refractivity contribution in [3.8, 4) is 0 Å². The van der Waals surface area contributed by atoms with Crippen LogP contribution in [0.3, 0.4) is 0 Å². The van der Waals surface area contributed by atoms with Gasteiger partial charge in [0, 0.05) is 11.6 Å². The maximum Gasteiger partial charge on any atom is 0.128 e. The monoisotopic (exact) mass is 242 g/mol. The minimum atomic E-state index is -0.394. The molecular formula is C13H20F2N2. The second kappa shape index (κ2) is 6.67. The number of rotatable bonds is 6. The first-order chi connectivity index (χ1) is 8.04. The largest absolute Gasteiger partial charge is 0.310 e. The number of nitrogens with zero attached hydrogens (tertiary/aromatic N) is 1. The standard InChI is InChI=1S/C13H20F2N2/c1-4-16-13(7-8-17(2)3)11-9-10(14)5-6-12(11)15/h5-6,9,13,16H,4,7-8H2,1-3H3. The first kappa shape index (κ1) is 14.1. The van der Waals surface area contributed by atoms with Crippen LogP contribution in [0.15, 0.2) is 18.2 Å². The van der Waals surface area contributed by atoms with Gasteiger partial charge in [-0.3, -0.25) is 0 Å². The fourth-order valence-electron chi connectivity index (χ4n) is 1.78. The zero-order valence-electron chi connectivity index (χ0n) is 10.6. The van der Waals surface area contributed by atoms with Gasteiger partial charge < -0.3 is 10.2 Å². The molecule has 0 aliphatic heterocycles.